The number of carbonyl (C=O) groups excluding carboxylic acids is 3. The van der Waals surface area contributed by atoms with Gasteiger partial charge in [-0.25, -0.2) is 4.98 Å². The van der Waals surface area contributed by atoms with Crippen molar-refractivity contribution in [3.05, 3.63) is 59.5 Å². The predicted octanol–water partition coefficient (Wildman–Crippen LogP) is 3.07. The molecule has 0 spiro atoms. The maximum atomic E-state index is 12.3. The van der Waals surface area contributed by atoms with Crippen LogP contribution in [0.1, 0.15) is 34.7 Å². The average Bonchev–Trinajstić information content (AvgIpc) is 3.13. The summed E-state index contributed by atoms with van der Waals surface area (Å²) in [7, 11) is 0. The number of fused-ring (bicyclic) bond motifs is 2. The maximum absolute atomic E-state index is 12.3. The third kappa shape index (κ3) is 3.93. The molecule has 0 atom stereocenters. The van der Waals surface area contributed by atoms with Crippen LogP contribution >= 0.6 is 0 Å². The summed E-state index contributed by atoms with van der Waals surface area (Å²) in [6.07, 6.45) is 1.37. The lowest BCUT2D eigenvalue weighted by molar-refractivity contribution is -0.142. The quantitative estimate of drug-likeness (QED) is 0.523. The molecule has 28 heavy (non-hydrogen) atoms. The second kappa shape index (κ2) is 7.64. The van der Waals surface area contributed by atoms with Gasteiger partial charge in [0, 0.05) is 24.1 Å². The molecule has 2 aromatic carbocycles. The molecule has 2 heterocycles. The van der Waals surface area contributed by atoms with Crippen molar-refractivity contribution in [2.75, 3.05) is 11.9 Å². The van der Waals surface area contributed by atoms with Crippen LogP contribution in [0.15, 0.2) is 46.9 Å². The van der Waals surface area contributed by atoms with Crippen LogP contribution in [0.25, 0.3) is 11.1 Å². The third-order valence-electron chi connectivity index (χ3n) is 4.57. The number of esters is 1. The van der Waals surface area contributed by atoms with E-state index < -0.39 is 5.97 Å². The maximum Gasteiger partial charge on any atom is 0.306 e. The molecule has 0 unspecified atom stereocenters. The number of hydrogen-bond acceptors (Lipinski definition) is 6. The SMILES string of the molecule is O=C1CCc2cc(C(=O)COC(=O)CCc3nc4ccccc4o3)ccc2N1. The Labute approximate surface area is 160 Å². The number of aromatic nitrogens is 1. The van der Waals surface area contributed by atoms with Crippen molar-refractivity contribution in [3.8, 4) is 0 Å². The number of benzene rings is 2. The largest absolute Gasteiger partial charge is 0.457 e. The van der Waals surface area contributed by atoms with Crippen LogP contribution in [0.3, 0.4) is 0 Å². The lowest BCUT2D eigenvalue weighted by Gasteiger charge is -2.17. The van der Waals surface area contributed by atoms with Crippen LogP contribution in [-0.4, -0.2) is 29.3 Å². The lowest BCUT2D eigenvalue weighted by atomic mass is 9.99. The minimum absolute atomic E-state index is 0.0283. The molecule has 0 saturated carbocycles. The molecular weight excluding hydrogens is 360 g/mol. The Bertz CT molecular complexity index is 1040. The summed E-state index contributed by atoms with van der Waals surface area (Å²) >= 11 is 0. The molecule has 1 aliphatic heterocycles. The van der Waals surface area contributed by atoms with Gasteiger partial charge < -0.3 is 14.5 Å². The molecular formula is C21H18N2O5. The molecule has 1 aromatic heterocycles. The average molecular weight is 378 g/mol. The molecule has 0 saturated heterocycles. The molecule has 142 valence electrons. The molecule has 4 rings (SSSR count). The van der Waals surface area contributed by atoms with Gasteiger partial charge in [-0.2, -0.15) is 0 Å². The predicted molar refractivity (Wildman–Crippen MR) is 101 cm³/mol. The number of para-hydroxylation sites is 2. The van der Waals surface area contributed by atoms with Crippen LogP contribution < -0.4 is 5.32 Å². The van der Waals surface area contributed by atoms with Gasteiger partial charge >= 0.3 is 5.97 Å². The fourth-order valence-corrected chi connectivity index (χ4v) is 3.09. The van der Waals surface area contributed by atoms with Gasteiger partial charge in [0.25, 0.3) is 0 Å². The summed E-state index contributed by atoms with van der Waals surface area (Å²) in [6.45, 7) is -0.322. The van der Waals surface area contributed by atoms with Crippen LogP contribution in [0, 0.1) is 0 Å². The number of nitrogens with one attached hydrogen (secondary N) is 1. The molecule has 0 fully saturated rings. The zero-order valence-corrected chi connectivity index (χ0v) is 15.1. The number of ketones is 1. The van der Waals surface area contributed by atoms with E-state index in [1.54, 1.807) is 18.2 Å². The monoisotopic (exact) mass is 378 g/mol. The van der Waals surface area contributed by atoms with Gasteiger partial charge in [0.1, 0.15) is 5.52 Å². The van der Waals surface area contributed by atoms with Crippen LogP contribution in [0.2, 0.25) is 0 Å². The number of rotatable bonds is 6. The van der Waals surface area contributed by atoms with Crippen molar-refractivity contribution in [1.29, 1.82) is 0 Å². The van der Waals surface area contributed by atoms with Gasteiger partial charge in [0.15, 0.2) is 23.9 Å². The number of Topliss-reactive ketones (excluding diaryl/α,β-unsaturated/α-hetero) is 1. The molecule has 0 radical (unpaired) electrons. The molecule has 7 nitrogen and oxygen atoms in total. The van der Waals surface area contributed by atoms with Crippen molar-refractivity contribution in [2.24, 2.45) is 0 Å². The number of amides is 1. The molecule has 1 aliphatic rings. The summed E-state index contributed by atoms with van der Waals surface area (Å²) < 4.78 is 10.6. The summed E-state index contributed by atoms with van der Waals surface area (Å²) in [5, 5.41) is 2.77. The summed E-state index contributed by atoms with van der Waals surface area (Å²) in [5.74, 6) is -0.337. The highest BCUT2D eigenvalue weighted by atomic mass is 16.5. The van der Waals surface area contributed by atoms with E-state index in [-0.39, 0.29) is 24.7 Å². The van der Waals surface area contributed by atoms with E-state index in [4.69, 9.17) is 9.15 Å². The third-order valence-corrected chi connectivity index (χ3v) is 4.57. The first-order valence-electron chi connectivity index (χ1n) is 9.04. The van der Waals surface area contributed by atoms with Crippen LogP contribution in [0.4, 0.5) is 5.69 Å². The number of nitrogens with zero attached hydrogens (tertiary/aromatic N) is 1. The lowest BCUT2D eigenvalue weighted by Crippen LogP contribution is -2.20. The van der Waals surface area contributed by atoms with Crippen molar-refractivity contribution in [1.82, 2.24) is 4.98 Å². The molecule has 0 aliphatic carbocycles. The van der Waals surface area contributed by atoms with E-state index >= 15 is 0 Å². The van der Waals surface area contributed by atoms with Gasteiger partial charge in [-0.05, 0) is 42.3 Å². The van der Waals surface area contributed by atoms with Crippen molar-refractivity contribution in [3.63, 3.8) is 0 Å². The fourth-order valence-electron chi connectivity index (χ4n) is 3.09. The topological polar surface area (TPSA) is 98.5 Å². The summed E-state index contributed by atoms with van der Waals surface area (Å²) in [5.41, 5.74) is 3.51. The number of hydrogen-bond donors (Lipinski definition) is 1. The zero-order valence-electron chi connectivity index (χ0n) is 15.1. The van der Waals surface area contributed by atoms with E-state index in [9.17, 15) is 14.4 Å². The number of oxazole rings is 1. The minimum atomic E-state index is -0.485. The van der Waals surface area contributed by atoms with Gasteiger partial charge in [0.2, 0.25) is 5.91 Å². The summed E-state index contributed by atoms with van der Waals surface area (Å²) in [6, 6.07) is 12.4. The Morgan fingerprint density at radius 2 is 2.00 bits per heavy atom. The molecule has 0 bridgehead atoms. The van der Waals surface area contributed by atoms with Crippen LogP contribution in [0.5, 0.6) is 0 Å². The van der Waals surface area contributed by atoms with Crippen molar-refractivity contribution >= 4 is 34.4 Å². The van der Waals surface area contributed by atoms with Crippen molar-refractivity contribution < 1.29 is 23.5 Å². The number of carbonyl (C=O) groups is 3. The summed E-state index contributed by atoms with van der Waals surface area (Å²) in [4.78, 5) is 39.9. The van der Waals surface area contributed by atoms with Gasteiger partial charge in [-0.1, -0.05) is 12.1 Å². The minimum Gasteiger partial charge on any atom is -0.457 e. The zero-order chi connectivity index (χ0) is 19.5. The van der Waals surface area contributed by atoms with E-state index in [1.165, 1.54) is 0 Å². The van der Waals surface area contributed by atoms with E-state index in [2.05, 4.69) is 10.3 Å². The normalized spacial score (nSPS) is 13.1. The molecule has 1 amide bonds. The Morgan fingerprint density at radius 3 is 2.86 bits per heavy atom. The first kappa shape index (κ1) is 17.9. The Morgan fingerprint density at radius 1 is 1.14 bits per heavy atom. The molecule has 7 heteroatoms. The highest BCUT2D eigenvalue weighted by Crippen LogP contribution is 2.23. The van der Waals surface area contributed by atoms with E-state index in [1.807, 2.05) is 24.3 Å². The number of anilines is 1. The van der Waals surface area contributed by atoms with E-state index in [0.717, 1.165) is 16.8 Å². The number of ether oxygens (including phenoxy) is 1. The van der Waals surface area contributed by atoms with Gasteiger partial charge in [-0.3, -0.25) is 14.4 Å². The Balaban J connectivity index is 1.29. The van der Waals surface area contributed by atoms with E-state index in [0.29, 0.717) is 36.3 Å². The fraction of sp³-hybridized carbons (Fsp3) is 0.238. The van der Waals surface area contributed by atoms with Crippen LogP contribution in [-0.2, 0) is 27.2 Å². The molecule has 3 aromatic rings. The standard InChI is InChI=1S/C21H18N2O5/c24-17(14-5-7-15-13(11-14)6-8-19(25)22-15)12-27-21(26)10-9-20-23-16-3-1-2-4-18(16)28-20/h1-5,7,11H,6,8-10,12H2,(H,22,25). The van der Waals surface area contributed by atoms with Gasteiger partial charge in [-0.15, -0.1) is 0 Å². The highest BCUT2D eigenvalue weighted by Gasteiger charge is 2.17. The number of aryl methyl sites for hydroxylation is 2. The van der Waals surface area contributed by atoms with Crippen molar-refractivity contribution in [2.45, 2.75) is 25.7 Å². The second-order valence-corrected chi connectivity index (χ2v) is 6.58. The highest BCUT2D eigenvalue weighted by molar-refractivity contribution is 6.00. The van der Waals surface area contributed by atoms with Gasteiger partial charge in [0.05, 0.1) is 6.42 Å². The Kier molecular flexibility index (Phi) is 4.89. The first-order valence-corrected chi connectivity index (χ1v) is 9.04. The second-order valence-electron chi connectivity index (χ2n) is 6.58. The first-order chi connectivity index (χ1) is 13.6. The Hall–Kier alpha value is -3.48. The molecule has 1 N–H and O–H groups in total. The smallest absolute Gasteiger partial charge is 0.306 e.